The van der Waals surface area contributed by atoms with Crippen LogP contribution in [0.2, 0.25) is 5.02 Å². The summed E-state index contributed by atoms with van der Waals surface area (Å²) in [4.78, 5) is 11.9. The van der Waals surface area contributed by atoms with Crippen molar-refractivity contribution >= 4 is 17.5 Å². The van der Waals surface area contributed by atoms with Crippen LogP contribution >= 0.6 is 11.6 Å². The van der Waals surface area contributed by atoms with Crippen molar-refractivity contribution in [3.05, 3.63) is 70.0 Å². The summed E-state index contributed by atoms with van der Waals surface area (Å²) in [6, 6.07) is 11.3. The van der Waals surface area contributed by atoms with E-state index in [2.05, 4.69) is 5.32 Å². The van der Waals surface area contributed by atoms with Crippen LogP contribution in [-0.2, 0) is 13.1 Å². The second kappa shape index (κ2) is 6.50. The number of carbonyl (C=O) groups is 1. The van der Waals surface area contributed by atoms with E-state index in [0.717, 1.165) is 17.2 Å². The van der Waals surface area contributed by atoms with Crippen LogP contribution in [0.1, 0.15) is 21.5 Å². The first kappa shape index (κ1) is 14.5. The first-order chi connectivity index (χ1) is 9.60. The van der Waals surface area contributed by atoms with Gasteiger partial charge in [0.05, 0.1) is 10.6 Å². The first-order valence-corrected chi connectivity index (χ1v) is 6.49. The molecular formula is C15H14ClFN2O. The van der Waals surface area contributed by atoms with Crippen LogP contribution in [0.25, 0.3) is 0 Å². The van der Waals surface area contributed by atoms with Gasteiger partial charge in [-0.25, -0.2) is 4.39 Å². The Hall–Kier alpha value is -1.91. The summed E-state index contributed by atoms with van der Waals surface area (Å²) in [6.07, 6.45) is 0. The maximum Gasteiger partial charge on any atom is 0.253 e. The fourth-order valence-corrected chi connectivity index (χ4v) is 2.00. The first-order valence-electron chi connectivity index (χ1n) is 6.11. The van der Waals surface area contributed by atoms with E-state index in [1.165, 1.54) is 12.1 Å². The van der Waals surface area contributed by atoms with Gasteiger partial charge in [0.15, 0.2) is 0 Å². The Kier molecular flexibility index (Phi) is 4.71. The summed E-state index contributed by atoms with van der Waals surface area (Å²) < 4.78 is 12.9. The van der Waals surface area contributed by atoms with Crippen molar-refractivity contribution in [1.82, 2.24) is 5.32 Å². The molecule has 2 aromatic rings. The van der Waals surface area contributed by atoms with E-state index < -0.39 is 5.82 Å². The van der Waals surface area contributed by atoms with E-state index >= 15 is 0 Å². The molecule has 0 fully saturated rings. The van der Waals surface area contributed by atoms with E-state index in [4.69, 9.17) is 17.3 Å². The van der Waals surface area contributed by atoms with Crippen molar-refractivity contribution in [3.8, 4) is 0 Å². The molecule has 0 aliphatic heterocycles. The molecule has 0 saturated heterocycles. The Morgan fingerprint density at radius 3 is 2.40 bits per heavy atom. The van der Waals surface area contributed by atoms with Crippen LogP contribution in [0.15, 0.2) is 42.5 Å². The molecule has 3 nitrogen and oxygen atoms in total. The predicted octanol–water partition coefficient (Wildman–Crippen LogP) is 2.87. The summed E-state index contributed by atoms with van der Waals surface area (Å²) in [7, 11) is 0. The summed E-state index contributed by atoms with van der Waals surface area (Å²) in [6.45, 7) is 0.856. The van der Waals surface area contributed by atoms with Crippen LogP contribution in [0.5, 0.6) is 0 Å². The third kappa shape index (κ3) is 3.56. The lowest BCUT2D eigenvalue weighted by molar-refractivity contribution is 0.0951. The topological polar surface area (TPSA) is 55.1 Å². The highest BCUT2D eigenvalue weighted by molar-refractivity contribution is 6.33. The molecule has 2 rings (SSSR count). The van der Waals surface area contributed by atoms with Crippen molar-refractivity contribution in [2.24, 2.45) is 5.73 Å². The van der Waals surface area contributed by atoms with Gasteiger partial charge in [-0.2, -0.15) is 0 Å². The highest BCUT2D eigenvalue weighted by Crippen LogP contribution is 2.17. The van der Waals surface area contributed by atoms with Crippen molar-refractivity contribution in [2.45, 2.75) is 13.1 Å². The molecule has 0 aliphatic rings. The van der Waals surface area contributed by atoms with E-state index in [1.807, 2.05) is 24.3 Å². The average molecular weight is 293 g/mol. The van der Waals surface area contributed by atoms with Gasteiger partial charge < -0.3 is 11.1 Å². The molecule has 0 aromatic heterocycles. The maximum atomic E-state index is 12.9. The number of rotatable bonds is 4. The summed E-state index contributed by atoms with van der Waals surface area (Å²) in [5.41, 5.74) is 7.75. The van der Waals surface area contributed by atoms with Gasteiger partial charge >= 0.3 is 0 Å². The molecule has 2 aromatic carbocycles. The minimum Gasteiger partial charge on any atom is -0.348 e. The fourth-order valence-electron chi connectivity index (χ4n) is 1.74. The Labute approximate surface area is 121 Å². The Morgan fingerprint density at radius 1 is 1.15 bits per heavy atom. The van der Waals surface area contributed by atoms with E-state index in [9.17, 15) is 9.18 Å². The third-order valence-electron chi connectivity index (χ3n) is 2.89. The Bertz CT molecular complexity index is 614. The smallest absolute Gasteiger partial charge is 0.253 e. The van der Waals surface area contributed by atoms with Crippen LogP contribution in [-0.4, -0.2) is 5.91 Å². The highest BCUT2D eigenvalue weighted by Gasteiger charge is 2.10. The van der Waals surface area contributed by atoms with Crippen LogP contribution in [0, 0.1) is 5.82 Å². The third-order valence-corrected chi connectivity index (χ3v) is 3.20. The van der Waals surface area contributed by atoms with Crippen molar-refractivity contribution in [3.63, 3.8) is 0 Å². The Morgan fingerprint density at radius 2 is 1.80 bits per heavy atom. The lowest BCUT2D eigenvalue weighted by Crippen LogP contribution is -2.23. The normalized spacial score (nSPS) is 10.3. The molecule has 0 radical (unpaired) electrons. The minimum absolute atomic E-state index is 0.0981. The SMILES string of the molecule is NCc1ccc(CNC(=O)c2ccc(F)cc2Cl)cc1. The number of hydrogen-bond acceptors (Lipinski definition) is 2. The predicted molar refractivity (Wildman–Crippen MR) is 76.9 cm³/mol. The molecule has 104 valence electrons. The van der Waals surface area contributed by atoms with E-state index in [0.29, 0.717) is 13.1 Å². The molecule has 20 heavy (non-hydrogen) atoms. The van der Waals surface area contributed by atoms with Gasteiger partial charge in [-0.3, -0.25) is 4.79 Å². The van der Waals surface area contributed by atoms with Gasteiger partial charge in [0.25, 0.3) is 5.91 Å². The zero-order valence-electron chi connectivity index (χ0n) is 10.7. The molecular weight excluding hydrogens is 279 g/mol. The van der Waals surface area contributed by atoms with Crippen LogP contribution in [0.3, 0.4) is 0 Å². The molecule has 0 aliphatic carbocycles. The fraction of sp³-hybridized carbons (Fsp3) is 0.133. The van der Waals surface area contributed by atoms with Gasteiger partial charge in [0.2, 0.25) is 0 Å². The molecule has 0 atom stereocenters. The standard InChI is InChI=1S/C15H14ClFN2O/c16-14-7-12(17)5-6-13(14)15(20)19-9-11-3-1-10(8-18)2-4-11/h1-7H,8-9,18H2,(H,19,20). The van der Waals surface area contributed by atoms with Crippen LogP contribution in [0.4, 0.5) is 4.39 Å². The van der Waals surface area contributed by atoms with Crippen molar-refractivity contribution in [1.29, 1.82) is 0 Å². The summed E-state index contributed by atoms with van der Waals surface area (Å²) in [5, 5.41) is 2.83. The minimum atomic E-state index is -0.469. The second-order valence-electron chi connectivity index (χ2n) is 4.33. The van der Waals surface area contributed by atoms with Crippen molar-refractivity contribution in [2.75, 3.05) is 0 Å². The molecule has 3 N–H and O–H groups in total. The zero-order valence-corrected chi connectivity index (χ0v) is 11.5. The summed E-state index contributed by atoms with van der Waals surface area (Å²) in [5.74, 6) is -0.804. The molecule has 0 bridgehead atoms. The van der Waals surface area contributed by atoms with Crippen molar-refractivity contribution < 1.29 is 9.18 Å². The molecule has 0 saturated carbocycles. The molecule has 5 heteroatoms. The maximum absolute atomic E-state index is 12.9. The van der Waals surface area contributed by atoms with Gasteiger partial charge in [-0.05, 0) is 29.3 Å². The van der Waals surface area contributed by atoms with E-state index in [-0.39, 0.29) is 16.5 Å². The number of nitrogens with one attached hydrogen (secondary N) is 1. The molecule has 1 amide bonds. The number of hydrogen-bond donors (Lipinski definition) is 2. The van der Waals surface area contributed by atoms with E-state index in [1.54, 1.807) is 0 Å². The lowest BCUT2D eigenvalue weighted by atomic mass is 10.1. The van der Waals surface area contributed by atoms with Crippen LogP contribution < -0.4 is 11.1 Å². The quantitative estimate of drug-likeness (QED) is 0.910. The monoisotopic (exact) mass is 292 g/mol. The van der Waals surface area contributed by atoms with Gasteiger partial charge in [-0.1, -0.05) is 35.9 Å². The molecule has 0 spiro atoms. The number of nitrogens with two attached hydrogens (primary N) is 1. The van der Waals surface area contributed by atoms with Gasteiger partial charge in [0.1, 0.15) is 5.82 Å². The molecule has 0 unspecified atom stereocenters. The van der Waals surface area contributed by atoms with Gasteiger partial charge in [0, 0.05) is 13.1 Å². The van der Waals surface area contributed by atoms with Gasteiger partial charge in [-0.15, -0.1) is 0 Å². The highest BCUT2D eigenvalue weighted by atomic mass is 35.5. The number of amides is 1. The zero-order chi connectivity index (χ0) is 14.5. The number of benzene rings is 2. The summed E-state index contributed by atoms with van der Waals surface area (Å²) >= 11 is 5.83. The Balaban J connectivity index is 2.00. The average Bonchev–Trinajstić information content (AvgIpc) is 2.45. The number of carbonyl (C=O) groups excluding carboxylic acids is 1. The largest absolute Gasteiger partial charge is 0.348 e. The molecule has 0 heterocycles. The number of halogens is 2. The lowest BCUT2D eigenvalue weighted by Gasteiger charge is -2.07. The second-order valence-corrected chi connectivity index (χ2v) is 4.73.